The highest BCUT2D eigenvalue weighted by Crippen LogP contribution is 2.36. The number of fused-ring (bicyclic) bond motifs is 2. The van der Waals surface area contributed by atoms with Gasteiger partial charge in [-0.1, -0.05) is 21.1 Å². The first-order valence-electron chi connectivity index (χ1n) is 11.7. The topological polar surface area (TPSA) is 53.1 Å². The summed E-state index contributed by atoms with van der Waals surface area (Å²) < 4.78 is 17.1. The Hall–Kier alpha value is -2.53. The van der Waals surface area contributed by atoms with E-state index in [1.54, 1.807) is 6.20 Å². The van der Waals surface area contributed by atoms with Crippen molar-refractivity contribution in [3.8, 4) is 12.2 Å². The van der Waals surface area contributed by atoms with Crippen molar-refractivity contribution in [2.45, 2.75) is 73.8 Å². The molecule has 190 valence electrons. The molecule has 0 unspecified atom stereocenters. The van der Waals surface area contributed by atoms with Crippen LogP contribution in [0.4, 0.5) is 0 Å². The van der Waals surface area contributed by atoms with Crippen LogP contribution in [0.5, 0.6) is 0 Å². The molecule has 0 radical (unpaired) electrons. The third-order valence-corrected chi connectivity index (χ3v) is 6.74. The first-order chi connectivity index (χ1) is 16.3. The lowest BCUT2D eigenvalue weighted by atomic mass is 9.56. The monoisotopic (exact) mass is 550 g/mol. The first kappa shape index (κ1) is 29.7. The molecule has 1 saturated heterocycles. The van der Waals surface area contributed by atoms with Crippen molar-refractivity contribution in [3.63, 3.8) is 0 Å². The fourth-order valence-corrected chi connectivity index (χ4v) is 3.69. The zero-order chi connectivity index (χ0) is 26.0. The minimum atomic E-state index is -0.372. The van der Waals surface area contributed by atoms with Crippen LogP contribution in [0, 0.1) is 26.1 Å². The lowest BCUT2D eigenvalue weighted by molar-refractivity contribution is 0.00578. The summed E-state index contributed by atoms with van der Waals surface area (Å²) in [5, 5.41) is 0. The lowest BCUT2D eigenvalue weighted by Crippen LogP contribution is -2.41. The molecule has 36 heavy (non-hydrogen) atoms. The Labute approximate surface area is 225 Å². The van der Waals surface area contributed by atoms with Crippen LogP contribution in [0.25, 0.3) is 11.3 Å². The number of rotatable bonds is 1. The van der Waals surface area contributed by atoms with Crippen LogP contribution < -0.4 is 5.59 Å². The van der Waals surface area contributed by atoms with Crippen molar-refractivity contribution in [2.75, 3.05) is 0 Å². The van der Waals surface area contributed by atoms with Crippen LogP contribution in [0.2, 0.25) is 13.6 Å². The van der Waals surface area contributed by atoms with Gasteiger partial charge in [0.1, 0.15) is 15.9 Å². The lowest BCUT2D eigenvalue weighted by Gasteiger charge is -2.32. The Morgan fingerprint density at radius 3 is 1.86 bits per heavy atom. The van der Waals surface area contributed by atoms with Crippen molar-refractivity contribution >= 4 is 46.6 Å². The van der Waals surface area contributed by atoms with Gasteiger partial charge in [0, 0.05) is 18.6 Å². The van der Waals surface area contributed by atoms with Gasteiger partial charge in [-0.15, -0.1) is 6.42 Å². The molecule has 1 aliphatic rings. The van der Waals surface area contributed by atoms with E-state index in [4.69, 9.17) is 15.7 Å². The molecule has 0 N–H and O–H groups in total. The van der Waals surface area contributed by atoms with Crippen molar-refractivity contribution in [3.05, 3.63) is 64.8 Å². The number of nitrogens with zero attached hydrogens (tertiary/aromatic N) is 4. The largest absolute Gasteiger partial charge is 0.514 e. The first-order valence-corrected chi connectivity index (χ1v) is 12.5. The minimum absolute atomic E-state index is 0. The van der Waals surface area contributed by atoms with Gasteiger partial charge >= 0.3 is 7.12 Å². The summed E-state index contributed by atoms with van der Waals surface area (Å²) in [4.78, 5) is 8.62. The van der Waals surface area contributed by atoms with Gasteiger partial charge in [-0.25, -0.2) is 9.97 Å². The Morgan fingerprint density at radius 1 is 0.917 bits per heavy atom. The summed E-state index contributed by atoms with van der Waals surface area (Å²) in [6, 6.07) is 8.21. The summed E-state index contributed by atoms with van der Waals surface area (Å²) in [6.07, 6.45) is 12.6. The second-order valence-corrected chi connectivity index (χ2v) is 10.9. The third-order valence-electron chi connectivity index (χ3n) is 6.15. The fourth-order valence-electron chi connectivity index (χ4n) is 3.29. The van der Waals surface area contributed by atoms with Crippen molar-refractivity contribution in [2.24, 2.45) is 0 Å². The molecule has 9 heteroatoms. The fraction of sp³-hybridized carbons (Fsp3) is 0.407. The molecular weight excluding hydrogens is 514 g/mol. The SMILES string of the molecule is C.C#CB(C)C.Cc1ccn2c(B3OC(C)(C)C(C)(C)O3)cnc2c1.Cc1ccn2c(Br)cnc2c1. The molecule has 5 heterocycles. The van der Waals surface area contributed by atoms with E-state index in [0.717, 1.165) is 21.5 Å². The second-order valence-electron chi connectivity index (χ2n) is 10.0. The molecule has 5 rings (SSSR count). The highest BCUT2D eigenvalue weighted by atomic mass is 79.9. The van der Waals surface area contributed by atoms with Crippen LogP contribution in [0.15, 0.2) is 53.7 Å². The van der Waals surface area contributed by atoms with E-state index in [0.29, 0.717) is 6.71 Å². The molecule has 1 fully saturated rings. The Kier molecular flexibility index (Phi) is 9.64. The molecule has 0 aliphatic carbocycles. The molecule has 0 aromatic carbocycles. The van der Waals surface area contributed by atoms with E-state index >= 15 is 0 Å². The van der Waals surface area contributed by atoms with E-state index in [2.05, 4.69) is 91.5 Å². The molecule has 4 aromatic rings. The van der Waals surface area contributed by atoms with Crippen molar-refractivity contribution < 1.29 is 9.31 Å². The minimum Gasteiger partial charge on any atom is -0.398 e. The van der Waals surface area contributed by atoms with Gasteiger partial charge in [0.15, 0.2) is 0 Å². The van der Waals surface area contributed by atoms with E-state index in [1.807, 2.05) is 47.1 Å². The highest BCUT2D eigenvalue weighted by molar-refractivity contribution is 9.10. The second kappa shape index (κ2) is 11.7. The molecule has 0 bridgehead atoms. The average molecular weight is 551 g/mol. The smallest absolute Gasteiger partial charge is 0.398 e. The van der Waals surface area contributed by atoms with Gasteiger partial charge in [-0.2, -0.15) is 5.82 Å². The Balaban J connectivity index is 0.000000227. The molecule has 6 nitrogen and oxygen atoms in total. The summed E-state index contributed by atoms with van der Waals surface area (Å²) in [6.45, 7) is 16.7. The molecule has 0 amide bonds. The van der Waals surface area contributed by atoms with Gasteiger partial charge in [-0.3, -0.25) is 4.40 Å². The summed E-state index contributed by atoms with van der Waals surface area (Å²) in [5.41, 5.74) is 4.61. The normalized spacial score (nSPS) is 15.3. The summed E-state index contributed by atoms with van der Waals surface area (Å²) in [7, 11) is -0.372. The zero-order valence-corrected chi connectivity index (χ0v) is 23.4. The van der Waals surface area contributed by atoms with Crippen LogP contribution in [0.3, 0.4) is 0 Å². The highest BCUT2D eigenvalue weighted by Gasteiger charge is 2.52. The maximum atomic E-state index is 6.06. The summed E-state index contributed by atoms with van der Waals surface area (Å²) in [5.74, 6) is 2.53. The zero-order valence-electron chi connectivity index (χ0n) is 21.8. The quantitative estimate of drug-likeness (QED) is 0.219. The Bertz CT molecular complexity index is 1340. The van der Waals surface area contributed by atoms with E-state index in [9.17, 15) is 0 Å². The van der Waals surface area contributed by atoms with Crippen LogP contribution >= 0.6 is 15.9 Å². The van der Waals surface area contributed by atoms with Crippen LogP contribution in [-0.2, 0) is 9.31 Å². The van der Waals surface area contributed by atoms with Gasteiger partial charge < -0.3 is 13.7 Å². The average Bonchev–Trinajstić information content (AvgIpc) is 3.42. The van der Waals surface area contributed by atoms with E-state index in [1.165, 1.54) is 11.1 Å². The number of aryl methyl sites for hydroxylation is 2. The van der Waals surface area contributed by atoms with Crippen LogP contribution in [0.1, 0.15) is 46.2 Å². The van der Waals surface area contributed by atoms with Crippen molar-refractivity contribution in [1.29, 1.82) is 0 Å². The molecule has 1 aliphatic heterocycles. The summed E-state index contributed by atoms with van der Waals surface area (Å²) >= 11 is 3.39. The number of hydrogen-bond donors (Lipinski definition) is 0. The molecule has 0 spiro atoms. The van der Waals surface area contributed by atoms with Gasteiger partial charge in [-0.05, 0) is 92.9 Å². The number of imidazole rings is 2. The molecular formula is C27H37B2BrN4O2. The number of aromatic nitrogens is 4. The molecule has 0 atom stereocenters. The van der Waals surface area contributed by atoms with Gasteiger partial charge in [0.05, 0.1) is 23.0 Å². The van der Waals surface area contributed by atoms with E-state index < -0.39 is 0 Å². The maximum Gasteiger partial charge on any atom is 0.514 e. The Morgan fingerprint density at radius 2 is 1.36 bits per heavy atom. The van der Waals surface area contributed by atoms with E-state index in [-0.39, 0.29) is 25.7 Å². The van der Waals surface area contributed by atoms with Crippen LogP contribution in [-0.4, -0.2) is 43.8 Å². The maximum absolute atomic E-state index is 6.06. The third kappa shape index (κ3) is 6.61. The van der Waals surface area contributed by atoms with Gasteiger partial charge in [0.2, 0.25) is 6.71 Å². The molecule has 0 saturated carbocycles. The number of terminal acetylenes is 1. The predicted molar refractivity (Wildman–Crippen MR) is 156 cm³/mol. The number of halogens is 1. The number of pyridine rings is 2. The number of hydrogen-bond acceptors (Lipinski definition) is 4. The van der Waals surface area contributed by atoms with Crippen molar-refractivity contribution in [1.82, 2.24) is 18.8 Å². The molecule has 4 aromatic heterocycles. The predicted octanol–water partition coefficient (Wildman–Crippen LogP) is 5.90. The van der Waals surface area contributed by atoms with Gasteiger partial charge in [0.25, 0.3) is 0 Å². The standard InChI is InChI=1S/C14H19BN2O2.C8H7BrN2.C4H7B.CH4/c1-10-6-7-17-11(9-16-12(17)8-10)15-18-13(2,3)14(4,5)19-15;1-6-2-3-11-7(9)5-10-8(11)4-6;1-4-5(2)3;/h6-9H,1-5H3;2-5H,1H3;1H,2-3H3;1H4.